The van der Waals surface area contributed by atoms with Gasteiger partial charge in [0.1, 0.15) is 11.6 Å². The van der Waals surface area contributed by atoms with Crippen molar-refractivity contribution in [3.05, 3.63) is 41.0 Å². The van der Waals surface area contributed by atoms with Crippen molar-refractivity contribution in [1.82, 2.24) is 10.3 Å². The van der Waals surface area contributed by atoms with E-state index in [1.54, 1.807) is 12.1 Å². The van der Waals surface area contributed by atoms with Gasteiger partial charge >= 0.3 is 0 Å². The molecule has 3 nitrogen and oxygen atoms in total. The maximum absolute atomic E-state index is 14.1. The van der Waals surface area contributed by atoms with Gasteiger partial charge in [-0.05, 0) is 55.8 Å². The lowest BCUT2D eigenvalue weighted by molar-refractivity contribution is 0.430. The lowest BCUT2D eigenvalue weighted by atomic mass is 10.2. The summed E-state index contributed by atoms with van der Waals surface area (Å²) in [4.78, 5) is 4.79. The van der Waals surface area contributed by atoms with Crippen LogP contribution in [-0.2, 0) is 6.54 Å². The third-order valence-electron chi connectivity index (χ3n) is 3.08. The number of rotatable bonds is 6. The number of hydrogen-bond acceptors (Lipinski definition) is 4. The van der Waals surface area contributed by atoms with Gasteiger partial charge in [0.05, 0.1) is 10.6 Å². The van der Waals surface area contributed by atoms with Gasteiger partial charge in [-0.25, -0.2) is 9.37 Å². The molecule has 1 aromatic carbocycles. The predicted octanol–water partition coefficient (Wildman–Crippen LogP) is 4.33. The summed E-state index contributed by atoms with van der Waals surface area (Å²) in [7, 11) is 0. The molecule has 0 amide bonds. The van der Waals surface area contributed by atoms with E-state index in [1.165, 1.54) is 11.8 Å². The quantitative estimate of drug-likeness (QED) is 0.862. The number of halogens is 1. The van der Waals surface area contributed by atoms with Crippen LogP contribution in [0.5, 0.6) is 0 Å². The van der Waals surface area contributed by atoms with Crippen molar-refractivity contribution in [3.63, 3.8) is 0 Å². The Balaban J connectivity index is 2.01. The van der Waals surface area contributed by atoms with Crippen LogP contribution < -0.4 is 5.32 Å². The van der Waals surface area contributed by atoms with Gasteiger partial charge in [0.25, 0.3) is 5.22 Å². The number of benzene rings is 1. The fraction of sp³-hybridized carbons (Fsp3) is 0.438. The largest absolute Gasteiger partial charge is 0.436 e. The van der Waals surface area contributed by atoms with Gasteiger partial charge in [-0.3, -0.25) is 0 Å². The summed E-state index contributed by atoms with van der Waals surface area (Å²) in [6, 6.07) is 5.28. The summed E-state index contributed by atoms with van der Waals surface area (Å²) in [5, 5.41) is 3.79. The van der Waals surface area contributed by atoms with Crippen LogP contribution in [0.2, 0.25) is 0 Å². The van der Waals surface area contributed by atoms with Gasteiger partial charge in [-0.2, -0.15) is 0 Å². The third kappa shape index (κ3) is 4.58. The summed E-state index contributed by atoms with van der Waals surface area (Å²) >= 11 is 1.21. The minimum atomic E-state index is -0.239. The Labute approximate surface area is 129 Å². The first-order valence-electron chi connectivity index (χ1n) is 7.06. The molecule has 2 rings (SSSR count). The third-order valence-corrected chi connectivity index (χ3v) is 3.98. The van der Waals surface area contributed by atoms with E-state index < -0.39 is 0 Å². The molecule has 21 heavy (non-hydrogen) atoms. The molecule has 0 fully saturated rings. The van der Waals surface area contributed by atoms with Crippen LogP contribution >= 0.6 is 11.8 Å². The molecule has 0 saturated carbocycles. The number of hydrogen-bond donors (Lipinski definition) is 1. The van der Waals surface area contributed by atoms with Crippen molar-refractivity contribution < 1.29 is 8.81 Å². The van der Waals surface area contributed by atoms with Gasteiger partial charge < -0.3 is 9.73 Å². The average Bonchev–Trinajstić information content (AvgIpc) is 2.71. The van der Waals surface area contributed by atoms with Crippen LogP contribution in [0, 0.1) is 25.6 Å². The van der Waals surface area contributed by atoms with Gasteiger partial charge in [0.2, 0.25) is 0 Å². The highest BCUT2D eigenvalue weighted by Gasteiger charge is 2.11. The van der Waals surface area contributed by atoms with Crippen LogP contribution in [0.15, 0.2) is 32.7 Å². The van der Waals surface area contributed by atoms with Gasteiger partial charge in [-0.15, -0.1) is 0 Å². The lowest BCUT2D eigenvalue weighted by Gasteiger charge is -2.08. The minimum Gasteiger partial charge on any atom is -0.436 e. The molecule has 2 aromatic rings. The Morgan fingerprint density at radius 3 is 2.67 bits per heavy atom. The molecule has 114 valence electrons. The molecule has 0 atom stereocenters. The fourth-order valence-corrected chi connectivity index (χ4v) is 2.65. The van der Waals surface area contributed by atoms with Crippen LogP contribution in [0.4, 0.5) is 4.39 Å². The summed E-state index contributed by atoms with van der Waals surface area (Å²) in [6.45, 7) is 9.63. The monoisotopic (exact) mass is 308 g/mol. The first kappa shape index (κ1) is 16.0. The van der Waals surface area contributed by atoms with Crippen LogP contribution in [-0.4, -0.2) is 11.5 Å². The second-order valence-corrected chi connectivity index (χ2v) is 6.51. The molecule has 0 radical (unpaired) electrons. The molecule has 0 aliphatic carbocycles. The zero-order valence-electron chi connectivity index (χ0n) is 12.9. The smallest absolute Gasteiger partial charge is 0.261 e. The molecule has 0 aliphatic heterocycles. The lowest BCUT2D eigenvalue weighted by Crippen LogP contribution is -2.18. The van der Waals surface area contributed by atoms with E-state index in [1.807, 2.05) is 19.9 Å². The molecule has 1 aromatic heterocycles. The molecule has 0 aliphatic rings. The normalized spacial score (nSPS) is 11.3. The van der Waals surface area contributed by atoms with Crippen LogP contribution in [0.25, 0.3) is 0 Å². The molecular formula is C16H21FN2OS. The number of aryl methyl sites for hydroxylation is 2. The van der Waals surface area contributed by atoms with E-state index in [2.05, 4.69) is 24.1 Å². The Morgan fingerprint density at radius 1 is 1.33 bits per heavy atom. The Hall–Kier alpha value is -1.33. The first-order valence-corrected chi connectivity index (χ1v) is 7.88. The van der Waals surface area contributed by atoms with Crippen molar-refractivity contribution in [1.29, 1.82) is 0 Å². The second-order valence-electron chi connectivity index (χ2n) is 5.51. The van der Waals surface area contributed by atoms with Crippen molar-refractivity contribution >= 4 is 11.8 Å². The number of oxazole rings is 1. The number of nitrogens with one attached hydrogen (secondary N) is 1. The van der Waals surface area contributed by atoms with E-state index in [9.17, 15) is 4.39 Å². The van der Waals surface area contributed by atoms with Crippen molar-refractivity contribution in [2.45, 2.75) is 44.4 Å². The minimum absolute atomic E-state index is 0.239. The van der Waals surface area contributed by atoms with E-state index in [0.29, 0.717) is 22.6 Å². The Bertz CT molecular complexity index is 591. The number of aromatic nitrogens is 1. The van der Waals surface area contributed by atoms with Gasteiger partial charge in [-0.1, -0.05) is 19.9 Å². The van der Waals surface area contributed by atoms with Crippen molar-refractivity contribution in [3.8, 4) is 0 Å². The van der Waals surface area contributed by atoms with E-state index in [-0.39, 0.29) is 5.82 Å². The molecule has 0 spiro atoms. The van der Waals surface area contributed by atoms with Crippen molar-refractivity contribution in [2.75, 3.05) is 6.54 Å². The maximum Gasteiger partial charge on any atom is 0.261 e. The van der Waals surface area contributed by atoms with Crippen molar-refractivity contribution in [2.24, 2.45) is 5.92 Å². The molecule has 5 heteroatoms. The molecular weight excluding hydrogens is 287 g/mol. The van der Waals surface area contributed by atoms with E-state index in [4.69, 9.17) is 4.42 Å². The summed E-state index contributed by atoms with van der Waals surface area (Å²) in [5.41, 5.74) is 1.78. The SMILES string of the molecule is Cc1nc(Sc2ccc(CNCC(C)C)cc2F)oc1C. The van der Waals surface area contributed by atoms with E-state index >= 15 is 0 Å². The first-order chi connectivity index (χ1) is 9.95. The second kappa shape index (κ2) is 7.09. The molecule has 1 N–H and O–H groups in total. The highest BCUT2D eigenvalue weighted by molar-refractivity contribution is 7.99. The Morgan fingerprint density at radius 2 is 2.10 bits per heavy atom. The van der Waals surface area contributed by atoms with Crippen LogP contribution in [0.3, 0.4) is 0 Å². The molecule has 0 saturated heterocycles. The topological polar surface area (TPSA) is 38.1 Å². The van der Waals surface area contributed by atoms with Gasteiger partial charge in [0, 0.05) is 6.54 Å². The average molecular weight is 308 g/mol. The zero-order valence-corrected chi connectivity index (χ0v) is 13.7. The summed E-state index contributed by atoms with van der Waals surface area (Å²) in [6.07, 6.45) is 0. The predicted molar refractivity (Wildman–Crippen MR) is 83.0 cm³/mol. The molecule has 1 heterocycles. The fourth-order valence-electron chi connectivity index (χ4n) is 1.82. The molecule has 0 bridgehead atoms. The summed E-state index contributed by atoms with van der Waals surface area (Å²) < 4.78 is 19.6. The Kier molecular flexibility index (Phi) is 5.42. The zero-order chi connectivity index (χ0) is 15.4. The summed E-state index contributed by atoms with van der Waals surface area (Å²) in [5.74, 6) is 1.12. The number of nitrogens with zero attached hydrogens (tertiary/aromatic N) is 1. The standard InChI is InChI=1S/C16H21FN2OS/c1-10(2)8-18-9-13-5-6-15(14(17)7-13)21-16-19-11(3)12(4)20-16/h5-7,10,18H,8-9H2,1-4H3. The van der Waals surface area contributed by atoms with Gasteiger partial charge in [0.15, 0.2) is 0 Å². The highest BCUT2D eigenvalue weighted by atomic mass is 32.2. The van der Waals surface area contributed by atoms with Crippen LogP contribution in [0.1, 0.15) is 30.9 Å². The van der Waals surface area contributed by atoms with E-state index in [0.717, 1.165) is 23.6 Å². The molecule has 0 unspecified atom stereocenters. The highest BCUT2D eigenvalue weighted by Crippen LogP contribution is 2.30. The maximum atomic E-state index is 14.1.